The lowest BCUT2D eigenvalue weighted by molar-refractivity contribution is 0.0388. The Morgan fingerprint density at radius 1 is 1.21 bits per heavy atom. The predicted molar refractivity (Wildman–Crippen MR) is 134 cm³/mol. The zero-order valence-electron chi connectivity index (χ0n) is 20.1. The van der Waals surface area contributed by atoms with Crippen molar-refractivity contribution in [3.05, 3.63) is 58.1 Å². The molecule has 1 fully saturated rings. The first-order chi connectivity index (χ1) is 16.6. The molecule has 2 aromatic rings. The number of amides is 1. The van der Waals surface area contributed by atoms with Crippen LogP contribution in [0.2, 0.25) is 5.02 Å². The van der Waals surface area contributed by atoms with Gasteiger partial charge in [-0.25, -0.2) is 0 Å². The summed E-state index contributed by atoms with van der Waals surface area (Å²) in [5.74, 6) is 1.38. The van der Waals surface area contributed by atoms with Crippen LogP contribution in [0.25, 0.3) is 0 Å². The number of fused-ring (bicyclic) bond motifs is 1. The summed E-state index contributed by atoms with van der Waals surface area (Å²) in [4.78, 5) is 15.3. The van der Waals surface area contributed by atoms with E-state index in [0.29, 0.717) is 35.7 Å². The SMILES string of the molecule is CCCCOc1ccc(C(=O)N[C@H]2COc3cc(CN4CCC(OC)CC4)ccc3C2)cc1Cl. The Morgan fingerprint density at radius 2 is 2.03 bits per heavy atom. The van der Waals surface area contributed by atoms with Crippen LogP contribution in [0.3, 0.4) is 0 Å². The average molecular weight is 487 g/mol. The van der Waals surface area contributed by atoms with Crippen LogP contribution >= 0.6 is 11.6 Å². The van der Waals surface area contributed by atoms with E-state index in [-0.39, 0.29) is 11.9 Å². The Hall–Kier alpha value is -2.28. The standard InChI is InChI=1S/C27H35ClN2O4/c1-3-4-13-33-25-8-7-21(16-24(25)28)27(31)29-22-15-20-6-5-19(14-26(20)34-18-22)17-30-11-9-23(32-2)10-12-30/h5-8,14,16,22-23H,3-4,9-13,15,17-18H2,1-2H3,(H,29,31)/t22-/m1/s1. The molecule has 0 aromatic heterocycles. The first-order valence-corrected chi connectivity index (χ1v) is 12.7. The van der Waals surface area contributed by atoms with Crippen LogP contribution in [0.15, 0.2) is 36.4 Å². The summed E-state index contributed by atoms with van der Waals surface area (Å²) in [6, 6.07) is 11.5. The molecular weight excluding hydrogens is 452 g/mol. The van der Waals surface area contributed by atoms with Gasteiger partial charge < -0.3 is 19.5 Å². The monoisotopic (exact) mass is 486 g/mol. The average Bonchev–Trinajstić information content (AvgIpc) is 2.85. The van der Waals surface area contributed by atoms with Gasteiger partial charge in [-0.05, 0) is 61.1 Å². The van der Waals surface area contributed by atoms with E-state index in [1.54, 1.807) is 25.3 Å². The van der Waals surface area contributed by atoms with E-state index in [2.05, 4.69) is 35.3 Å². The molecular formula is C27H35ClN2O4. The van der Waals surface area contributed by atoms with Gasteiger partial charge in [-0.3, -0.25) is 9.69 Å². The molecule has 2 aliphatic heterocycles. The molecule has 1 amide bonds. The number of methoxy groups -OCH3 is 1. The van der Waals surface area contributed by atoms with Gasteiger partial charge in [0.2, 0.25) is 0 Å². The molecule has 4 rings (SSSR count). The van der Waals surface area contributed by atoms with Gasteiger partial charge in [-0.15, -0.1) is 0 Å². The Balaban J connectivity index is 1.30. The smallest absolute Gasteiger partial charge is 0.251 e. The van der Waals surface area contributed by atoms with Crippen molar-refractivity contribution in [2.75, 3.05) is 33.4 Å². The van der Waals surface area contributed by atoms with E-state index in [0.717, 1.165) is 63.1 Å². The molecule has 1 saturated heterocycles. The Morgan fingerprint density at radius 3 is 2.76 bits per heavy atom. The summed E-state index contributed by atoms with van der Waals surface area (Å²) in [5.41, 5.74) is 2.90. The van der Waals surface area contributed by atoms with E-state index in [9.17, 15) is 4.79 Å². The number of nitrogens with zero attached hydrogens (tertiary/aromatic N) is 1. The highest BCUT2D eigenvalue weighted by Gasteiger charge is 2.24. The van der Waals surface area contributed by atoms with Crippen molar-refractivity contribution in [3.8, 4) is 11.5 Å². The van der Waals surface area contributed by atoms with Gasteiger partial charge >= 0.3 is 0 Å². The molecule has 2 aromatic carbocycles. The summed E-state index contributed by atoms with van der Waals surface area (Å²) >= 11 is 6.32. The number of unbranched alkanes of at least 4 members (excludes halogenated alkanes) is 1. The van der Waals surface area contributed by atoms with Crippen LogP contribution in [0, 0.1) is 0 Å². The third kappa shape index (κ3) is 6.44. The van der Waals surface area contributed by atoms with Crippen LogP contribution in [-0.2, 0) is 17.7 Å². The van der Waals surface area contributed by atoms with Gasteiger partial charge in [-0.1, -0.05) is 37.1 Å². The van der Waals surface area contributed by atoms with Gasteiger partial charge in [0.1, 0.15) is 18.1 Å². The van der Waals surface area contributed by atoms with Gasteiger partial charge in [-0.2, -0.15) is 0 Å². The van der Waals surface area contributed by atoms with Crippen molar-refractivity contribution >= 4 is 17.5 Å². The van der Waals surface area contributed by atoms with Crippen LogP contribution in [0.4, 0.5) is 0 Å². The Bertz CT molecular complexity index is 975. The number of hydrogen-bond donors (Lipinski definition) is 1. The molecule has 1 N–H and O–H groups in total. The number of carbonyl (C=O) groups excluding carboxylic acids is 1. The number of hydrogen-bond acceptors (Lipinski definition) is 5. The van der Waals surface area contributed by atoms with Crippen LogP contribution in [-0.4, -0.2) is 56.4 Å². The fourth-order valence-electron chi connectivity index (χ4n) is 4.52. The third-order valence-electron chi connectivity index (χ3n) is 6.60. The number of nitrogens with one attached hydrogen (secondary N) is 1. The van der Waals surface area contributed by atoms with Crippen molar-refractivity contribution in [2.45, 2.75) is 57.7 Å². The Labute approximate surface area is 207 Å². The predicted octanol–water partition coefficient (Wildman–Crippen LogP) is 4.86. The van der Waals surface area contributed by atoms with Crippen molar-refractivity contribution < 1.29 is 19.0 Å². The lowest BCUT2D eigenvalue weighted by atomic mass is 9.99. The highest BCUT2D eigenvalue weighted by molar-refractivity contribution is 6.32. The molecule has 0 bridgehead atoms. The van der Waals surface area contributed by atoms with Gasteiger partial charge in [0.15, 0.2) is 0 Å². The lowest BCUT2D eigenvalue weighted by Crippen LogP contribution is -2.42. The number of rotatable bonds is 9. The zero-order valence-corrected chi connectivity index (χ0v) is 20.9. The highest BCUT2D eigenvalue weighted by Crippen LogP contribution is 2.28. The summed E-state index contributed by atoms with van der Waals surface area (Å²) in [6.45, 7) is 6.22. The van der Waals surface area contributed by atoms with Gasteiger partial charge in [0.05, 0.1) is 23.8 Å². The first-order valence-electron chi connectivity index (χ1n) is 12.3. The minimum atomic E-state index is -0.157. The van der Waals surface area contributed by atoms with E-state index in [1.165, 1.54) is 5.56 Å². The topological polar surface area (TPSA) is 60.0 Å². The summed E-state index contributed by atoms with van der Waals surface area (Å²) in [7, 11) is 1.80. The number of ether oxygens (including phenoxy) is 3. The zero-order chi connectivity index (χ0) is 23.9. The second-order valence-corrected chi connectivity index (χ2v) is 9.59. The van der Waals surface area contributed by atoms with Gasteiger partial charge in [0, 0.05) is 32.3 Å². The fourth-order valence-corrected chi connectivity index (χ4v) is 4.76. The Kier molecular flexibility index (Phi) is 8.70. The molecule has 6 nitrogen and oxygen atoms in total. The summed E-state index contributed by atoms with van der Waals surface area (Å²) < 4.78 is 17.2. The maximum absolute atomic E-state index is 12.8. The van der Waals surface area contributed by atoms with Crippen LogP contribution in [0.5, 0.6) is 11.5 Å². The minimum Gasteiger partial charge on any atom is -0.492 e. The summed E-state index contributed by atoms with van der Waals surface area (Å²) in [6.07, 6.45) is 5.32. The number of likely N-dealkylation sites (tertiary alicyclic amines) is 1. The second-order valence-electron chi connectivity index (χ2n) is 9.19. The minimum absolute atomic E-state index is 0.0850. The largest absolute Gasteiger partial charge is 0.492 e. The molecule has 34 heavy (non-hydrogen) atoms. The molecule has 0 radical (unpaired) electrons. The van der Waals surface area contributed by atoms with Crippen molar-refractivity contribution in [1.82, 2.24) is 10.2 Å². The molecule has 0 spiro atoms. The van der Waals surface area contributed by atoms with E-state index < -0.39 is 0 Å². The van der Waals surface area contributed by atoms with Crippen molar-refractivity contribution in [2.24, 2.45) is 0 Å². The van der Waals surface area contributed by atoms with E-state index in [4.69, 9.17) is 25.8 Å². The number of piperidine rings is 1. The maximum atomic E-state index is 12.8. The molecule has 7 heteroatoms. The number of benzene rings is 2. The second kappa shape index (κ2) is 11.9. The molecule has 0 aliphatic carbocycles. The first kappa shape index (κ1) is 24.8. The molecule has 2 aliphatic rings. The molecule has 184 valence electrons. The molecule has 0 unspecified atom stereocenters. The van der Waals surface area contributed by atoms with E-state index in [1.807, 2.05) is 0 Å². The maximum Gasteiger partial charge on any atom is 0.251 e. The normalized spacial score (nSPS) is 18.7. The van der Waals surface area contributed by atoms with Gasteiger partial charge in [0.25, 0.3) is 5.91 Å². The molecule has 2 heterocycles. The third-order valence-corrected chi connectivity index (χ3v) is 6.89. The number of halogens is 1. The molecule has 0 saturated carbocycles. The number of carbonyl (C=O) groups is 1. The fraction of sp³-hybridized carbons (Fsp3) is 0.519. The lowest BCUT2D eigenvalue weighted by Gasteiger charge is -2.31. The van der Waals surface area contributed by atoms with E-state index >= 15 is 0 Å². The quantitative estimate of drug-likeness (QED) is 0.513. The van der Waals surface area contributed by atoms with Crippen LogP contribution in [0.1, 0.15) is 54.1 Å². The molecule has 1 atom stereocenters. The van der Waals surface area contributed by atoms with Crippen molar-refractivity contribution in [3.63, 3.8) is 0 Å². The highest BCUT2D eigenvalue weighted by atomic mass is 35.5. The summed E-state index contributed by atoms with van der Waals surface area (Å²) in [5, 5.41) is 3.53. The van der Waals surface area contributed by atoms with Crippen LogP contribution < -0.4 is 14.8 Å². The van der Waals surface area contributed by atoms with Crippen molar-refractivity contribution in [1.29, 1.82) is 0 Å².